The molecular formula is C21H21N5O5S. The van der Waals surface area contributed by atoms with E-state index in [4.69, 9.17) is 14.2 Å². The molecule has 4 rings (SSSR count). The highest BCUT2D eigenvalue weighted by Crippen LogP contribution is 2.31. The van der Waals surface area contributed by atoms with E-state index in [1.165, 1.54) is 20.3 Å². The van der Waals surface area contributed by atoms with E-state index in [1.807, 2.05) is 6.92 Å². The third kappa shape index (κ3) is 4.14. The zero-order valence-corrected chi connectivity index (χ0v) is 18.4. The zero-order valence-electron chi connectivity index (χ0n) is 17.6. The van der Waals surface area contributed by atoms with Crippen molar-refractivity contribution in [2.45, 2.75) is 11.8 Å². The molecule has 0 amide bonds. The number of methoxy groups -OCH3 is 2. The first-order valence-electron chi connectivity index (χ1n) is 9.64. The molecule has 0 bridgehead atoms. The smallest absolute Gasteiger partial charge is 0.264 e. The Bertz CT molecular complexity index is 1350. The number of fused-ring (bicyclic) bond motifs is 1. The number of benzene rings is 2. The normalized spacial score (nSPS) is 11.3. The van der Waals surface area contributed by atoms with Crippen LogP contribution in [-0.2, 0) is 10.0 Å². The molecule has 166 valence electrons. The van der Waals surface area contributed by atoms with Gasteiger partial charge in [0.15, 0.2) is 5.82 Å². The van der Waals surface area contributed by atoms with Crippen molar-refractivity contribution in [2.24, 2.45) is 0 Å². The molecule has 0 aliphatic heterocycles. The molecule has 0 aliphatic rings. The van der Waals surface area contributed by atoms with Crippen LogP contribution in [0.3, 0.4) is 0 Å². The molecule has 0 fully saturated rings. The number of nitrogens with one attached hydrogen (secondary N) is 2. The molecule has 2 heterocycles. The Hall–Kier alpha value is -3.86. The van der Waals surface area contributed by atoms with Crippen molar-refractivity contribution in [3.8, 4) is 28.6 Å². The van der Waals surface area contributed by atoms with Gasteiger partial charge in [0, 0.05) is 23.2 Å². The molecule has 0 saturated heterocycles. The Morgan fingerprint density at radius 3 is 2.50 bits per heavy atom. The summed E-state index contributed by atoms with van der Waals surface area (Å²) in [5.74, 6) is 1.87. The Labute approximate surface area is 184 Å². The second kappa shape index (κ2) is 8.71. The van der Waals surface area contributed by atoms with Crippen LogP contribution in [0.25, 0.3) is 22.3 Å². The third-order valence-corrected chi connectivity index (χ3v) is 6.00. The maximum absolute atomic E-state index is 13.1. The quantitative estimate of drug-likeness (QED) is 0.414. The Morgan fingerprint density at radius 1 is 1.06 bits per heavy atom. The van der Waals surface area contributed by atoms with Crippen LogP contribution in [0.15, 0.2) is 53.6 Å². The van der Waals surface area contributed by atoms with Crippen molar-refractivity contribution in [2.75, 3.05) is 25.5 Å². The van der Waals surface area contributed by atoms with Crippen molar-refractivity contribution in [1.29, 1.82) is 0 Å². The lowest BCUT2D eigenvalue weighted by atomic mass is 10.2. The predicted octanol–water partition coefficient (Wildman–Crippen LogP) is 3.24. The van der Waals surface area contributed by atoms with E-state index >= 15 is 0 Å². The van der Waals surface area contributed by atoms with Gasteiger partial charge in [-0.15, -0.1) is 5.10 Å². The molecule has 4 aromatic rings. The van der Waals surface area contributed by atoms with Crippen molar-refractivity contribution < 1.29 is 22.6 Å². The summed E-state index contributed by atoms with van der Waals surface area (Å²) in [6.07, 6.45) is 1.58. The Morgan fingerprint density at radius 2 is 1.81 bits per heavy atom. The van der Waals surface area contributed by atoms with Crippen molar-refractivity contribution >= 4 is 26.9 Å². The zero-order chi connectivity index (χ0) is 22.7. The highest BCUT2D eigenvalue weighted by Gasteiger charge is 2.22. The van der Waals surface area contributed by atoms with Crippen LogP contribution >= 0.6 is 0 Å². The fourth-order valence-electron chi connectivity index (χ4n) is 3.18. The summed E-state index contributed by atoms with van der Waals surface area (Å²) in [7, 11) is -0.934. The predicted molar refractivity (Wildman–Crippen MR) is 119 cm³/mol. The van der Waals surface area contributed by atoms with Gasteiger partial charge in [-0.1, -0.05) is 0 Å². The Balaban J connectivity index is 1.68. The van der Waals surface area contributed by atoms with E-state index in [9.17, 15) is 8.42 Å². The summed E-state index contributed by atoms with van der Waals surface area (Å²) in [5, 5.41) is 7.15. The van der Waals surface area contributed by atoms with Crippen LogP contribution < -0.4 is 18.9 Å². The molecule has 0 radical (unpaired) electrons. The average molecular weight is 455 g/mol. The summed E-state index contributed by atoms with van der Waals surface area (Å²) in [5.41, 5.74) is 1.08. The minimum Gasteiger partial charge on any atom is -0.497 e. The minimum atomic E-state index is -4.01. The molecule has 32 heavy (non-hydrogen) atoms. The van der Waals surface area contributed by atoms with Crippen LogP contribution in [0.4, 0.5) is 5.95 Å². The molecule has 11 heteroatoms. The van der Waals surface area contributed by atoms with E-state index in [0.717, 1.165) is 0 Å². The van der Waals surface area contributed by atoms with Crippen molar-refractivity contribution in [3.63, 3.8) is 0 Å². The molecule has 0 aliphatic carbocycles. The molecule has 0 spiro atoms. The first kappa shape index (κ1) is 21.4. The van der Waals surface area contributed by atoms with Gasteiger partial charge in [-0.05, 0) is 43.3 Å². The number of sulfonamides is 1. The summed E-state index contributed by atoms with van der Waals surface area (Å²) in [6.45, 7) is 2.28. The monoisotopic (exact) mass is 455 g/mol. The second-order valence-corrected chi connectivity index (χ2v) is 8.26. The topological polar surface area (TPSA) is 128 Å². The summed E-state index contributed by atoms with van der Waals surface area (Å²) < 4.78 is 44.7. The fourth-order valence-corrected chi connectivity index (χ4v) is 4.33. The standard InChI is InChI=1S/C21H21N5O5S/c1-4-31-17-7-8-18(16-6-5-9-22-19(16)17)32(27,28)26-21-23-20(24-25-21)13-10-14(29-2)12-15(11-13)30-3/h5-12H,4H2,1-3H3,(H2,23,24,25,26). The van der Waals surface area contributed by atoms with Gasteiger partial charge < -0.3 is 14.2 Å². The molecule has 2 N–H and O–H groups in total. The number of H-pyrrole nitrogens is 1. The lowest BCUT2D eigenvalue weighted by Gasteiger charge is -2.11. The van der Waals surface area contributed by atoms with Crippen LogP contribution in [0.2, 0.25) is 0 Å². The number of aromatic amines is 1. The second-order valence-electron chi connectivity index (χ2n) is 6.61. The van der Waals surface area contributed by atoms with Gasteiger partial charge in [-0.25, -0.2) is 13.1 Å². The summed E-state index contributed by atoms with van der Waals surface area (Å²) in [4.78, 5) is 8.58. The van der Waals surface area contributed by atoms with Gasteiger partial charge in [0.25, 0.3) is 16.0 Å². The highest BCUT2D eigenvalue weighted by atomic mass is 32.2. The number of aromatic nitrogens is 4. The molecule has 0 unspecified atom stereocenters. The molecule has 10 nitrogen and oxygen atoms in total. The van der Waals surface area contributed by atoms with Crippen LogP contribution in [-0.4, -0.2) is 49.4 Å². The molecular weight excluding hydrogens is 434 g/mol. The number of ether oxygens (including phenoxy) is 3. The van der Waals surface area contributed by atoms with Gasteiger partial charge in [-0.2, -0.15) is 4.98 Å². The van der Waals surface area contributed by atoms with Gasteiger partial charge in [0.2, 0.25) is 0 Å². The first-order valence-corrected chi connectivity index (χ1v) is 11.1. The van der Waals surface area contributed by atoms with E-state index in [2.05, 4.69) is 24.9 Å². The lowest BCUT2D eigenvalue weighted by Crippen LogP contribution is -2.14. The van der Waals surface area contributed by atoms with Gasteiger partial charge in [0.05, 0.1) is 25.7 Å². The van der Waals surface area contributed by atoms with Crippen LogP contribution in [0.5, 0.6) is 17.2 Å². The Kier molecular flexibility index (Phi) is 5.82. The molecule has 2 aromatic carbocycles. The summed E-state index contributed by atoms with van der Waals surface area (Å²) >= 11 is 0. The van der Waals surface area contributed by atoms with E-state index in [1.54, 1.807) is 42.6 Å². The van der Waals surface area contributed by atoms with Gasteiger partial charge in [-0.3, -0.25) is 10.1 Å². The fraction of sp³-hybridized carbons (Fsp3) is 0.190. The minimum absolute atomic E-state index is 0.0402. The largest absolute Gasteiger partial charge is 0.497 e. The SMILES string of the molecule is CCOc1ccc(S(=O)(=O)Nc2n[nH]c(-c3cc(OC)cc(OC)c3)n2)c2cccnc12. The number of rotatable bonds is 8. The lowest BCUT2D eigenvalue weighted by molar-refractivity contribution is 0.343. The maximum Gasteiger partial charge on any atom is 0.264 e. The maximum atomic E-state index is 13.1. The first-order chi connectivity index (χ1) is 15.4. The number of pyridine rings is 1. The third-order valence-electron chi connectivity index (χ3n) is 4.62. The van der Waals surface area contributed by atoms with Crippen molar-refractivity contribution in [3.05, 3.63) is 48.7 Å². The molecule has 0 atom stereocenters. The summed E-state index contributed by atoms with van der Waals surface area (Å²) in [6, 6.07) is 11.6. The van der Waals surface area contributed by atoms with Crippen LogP contribution in [0, 0.1) is 0 Å². The van der Waals surface area contributed by atoms with Crippen molar-refractivity contribution in [1.82, 2.24) is 20.2 Å². The van der Waals surface area contributed by atoms with Gasteiger partial charge in [0.1, 0.15) is 22.8 Å². The number of anilines is 1. The van der Waals surface area contributed by atoms with E-state index in [0.29, 0.717) is 46.1 Å². The highest BCUT2D eigenvalue weighted by molar-refractivity contribution is 7.93. The molecule has 2 aromatic heterocycles. The number of hydrogen-bond donors (Lipinski definition) is 2. The number of hydrogen-bond acceptors (Lipinski definition) is 8. The number of nitrogens with zero attached hydrogens (tertiary/aromatic N) is 3. The van der Waals surface area contributed by atoms with Gasteiger partial charge >= 0.3 is 0 Å². The molecule has 0 saturated carbocycles. The van der Waals surface area contributed by atoms with Crippen LogP contribution in [0.1, 0.15) is 6.92 Å². The van der Waals surface area contributed by atoms with E-state index in [-0.39, 0.29) is 10.8 Å². The average Bonchev–Trinajstić information content (AvgIpc) is 3.26. The van der Waals surface area contributed by atoms with E-state index < -0.39 is 10.0 Å².